The fourth-order valence-corrected chi connectivity index (χ4v) is 3.51. The van der Waals surface area contributed by atoms with E-state index < -0.39 is 13.0 Å². The van der Waals surface area contributed by atoms with Gasteiger partial charge in [0, 0.05) is 24.5 Å². The van der Waals surface area contributed by atoms with Crippen LogP contribution in [0.15, 0.2) is 24.5 Å². The van der Waals surface area contributed by atoms with Gasteiger partial charge in [0.25, 0.3) is 0 Å². The molecule has 0 saturated heterocycles. The van der Waals surface area contributed by atoms with Gasteiger partial charge in [-0.15, -0.1) is 0 Å². The number of pyridine rings is 1. The van der Waals surface area contributed by atoms with Crippen molar-refractivity contribution in [3.63, 3.8) is 0 Å². The Morgan fingerprint density at radius 3 is 2.22 bits per heavy atom. The van der Waals surface area contributed by atoms with E-state index in [1.807, 2.05) is 51.8 Å². The maximum Gasteiger partial charge on any atom is 0.326 e. The summed E-state index contributed by atoms with van der Waals surface area (Å²) in [5, 5.41) is 1.82. The SMILES string of the molecule is CC(C)(CN(OCCc1ccncc1)C(C)(C)C)CP(=O)(O)O. The van der Waals surface area contributed by atoms with Crippen molar-refractivity contribution in [2.75, 3.05) is 19.3 Å². The minimum Gasteiger partial charge on any atom is -0.324 e. The lowest BCUT2D eigenvalue weighted by Gasteiger charge is -2.39. The summed E-state index contributed by atoms with van der Waals surface area (Å²) in [7, 11) is -4.06. The van der Waals surface area contributed by atoms with Gasteiger partial charge in [-0.25, -0.2) is 0 Å². The fourth-order valence-electron chi connectivity index (χ4n) is 2.30. The Kier molecular flexibility index (Phi) is 6.93. The highest BCUT2D eigenvalue weighted by atomic mass is 31.2. The Labute approximate surface area is 139 Å². The maximum absolute atomic E-state index is 11.3. The molecule has 0 spiro atoms. The molecule has 0 bridgehead atoms. The van der Waals surface area contributed by atoms with Crippen molar-refractivity contribution in [1.29, 1.82) is 0 Å². The average molecular weight is 344 g/mol. The van der Waals surface area contributed by atoms with Crippen LogP contribution >= 0.6 is 7.60 Å². The summed E-state index contributed by atoms with van der Waals surface area (Å²) in [4.78, 5) is 28.4. The average Bonchev–Trinajstić information content (AvgIpc) is 2.34. The second-order valence-electron chi connectivity index (χ2n) is 7.63. The van der Waals surface area contributed by atoms with Gasteiger partial charge in [-0.2, -0.15) is 5.06 Å². The van der Waals surface area contributed by atoms with Crippen molar-refractivity contribution in [3.8, 4) is 0 Å². The highest BCUT2D eigenvalue weighted by Crippen LogP contribution is 2.42. The van der Waals surface area contributed by atoms with Crippen LogP contribution in [0, 0.1) is 5.41 Å². The third kappa shape index (κ3) is 8.58. The van der Waals surface area contributed by atoms with Gasteiger partial charge < -0.3 is 9.79 Å². The lowest BCUT2D eigenvalue weighted by atomic mass is 9.94. The predicted octanol–water partition coefficient (Wildman–Crippen LogP) is 2.86. The quantitative estimate of drug-likeness (QED) is 0.557. The van der Waals surface area contributed by atoms with Crippen molar-refractivity contribution in [1.82, 2.24) is 10.0 Å². The van der Waals surface area contributed by atoms with Crippen molar-refractivity contribution in [2.45, 2.75) is 46.6 Å². The third-order valence-electron chi connectivity index (χ3n) is 3.34. The molecule has 0 radical (unpaired) electrons. The van der Waals surface area contributed by atoms with Gasteiger partial charge in [0.05, 0.1) is 12.8 Å². The van der Waals surface area contributed by atoms with E-state index in [9.17, 15) is 14.4 Å². The van der Waals surface area contributed by atoms with Crippen LogP contribution in [0.4, 0.5) is 0 Å². The molecule has 23 heavy (non-hydrogen) atoms. The lowest BCUT2D eigenvalue weighted by molar-refractivity contribution is -0.221. The normalized spacial score (nSPS) is 13.6. The third-order valence-corrected chi connectivity index (χ3v) is 4.61. The zero-order valence-corrected chi connectivity index (χ0v) is 15.6. The molecule has 0 aliphatic heterocycles. The van der Waals surface area contributed by atoms with Crippen molar-refractivity contribution < 1.29 is 19.2 Å². The molecule has 0 aromatic carbocycles. The molecule has 1 rings (SSSR count). The molecule has 1 aromatic heterocycles. The van der Waals surface area contributed by atoms with E-state index >= 15 is 0 Å². The van der Waals surface area contributed by atoms with Crippen molar-refractivity contribution in [2.24, 2.45) is 5.41 Å². The maximum atomic E-state index is 11.3. The molecule has 132 valence electrons. The Hall–Kier alpha value is -0.780. The number of aromatic nitrogens is 1. The van der Waals surface area contributed by atoms with Crippen molar-refractivity contribution in [3.05, 3.63) is 30.1 Å². The Bertz CT molecular complexity index is 523. The number of hydrogen-bond acceptors (Lipinski definition) is 4. The lowest BCUT2D eigenvalue weighted by Crippen LogP contribution is -2.47. The minimum absolute atomic E-state index is 0.166. The van der Waals surface area contributed by atoms with Gasteiger partial charge in [-0.3, -0.25) is 14.4 Å². The summed E-state index contributed by atoms with van der Waals surface area (Å²) in [6, 6.07) is 3.89. The predicted molar refractivity (Wildman–Crippen MR) is 91.0 cm³/mol. The molecule has 0 aliphatic carbocycles. The van der Waals surface area contributed by atoms with E-state index in [4.69, 9.17) is 4.84 Å². The van der Waals surface area contributed by atoms with Crippen LogP contribution in [0.1, 0.15) is 40.2 Å². The van der Waals surface area contributed by atoms with Crippen LogP contribution in [-0.4, -0.2) is 44.7 Å². The van der Waals surface area contributed by atoms with Gasteiger partial charge in [-0.1, -0.05) is 13.8 Å². The largest absolute Gasteiger partial charge is 0.326 e. The Morgan fingerprint density at radius 1 is 1.17 bits per heavy atom. The molecule has 0 unspecified atom stereocenters. The van der Waals surface area contributed by atoms with E-state index in [0.717, 1.165) is 12.0 Å². The zero-order chi connectivity index (χ0) is 17.7. The number of hydrogen-bond donors (Lipinski definition) is 2. The first-order valence-corrected chi connectivity index (χ1v) is 9.53. The first-order valence-electron chi connectivity index (χ1n) is 7.73. The van der Waals surface area contributed by atoms with Gasteiger partial charge in [-0.05, 0) is 50.3 Å². The summed E-state index contributed by atoms with van der Waals surface area (Å²) in [5.74, 6) is 0. The molecule has 0 amide bonds. The first kappa shape index (κ1) is 20.3. The van der Waals surface area contributed by atoms with Crippen LogP contribution in [0.25, 0.3) is 0 Å². The van der Waals surface area contributed by atoms with Gasteiger partial charge in [0.1, 0.15) is 0 Å². The Balaban J connectivity index is 2.65. The molecule has 2 N–H and O–H groups in total. The molecule has 1 heterocycles. The highest BCUT2D eigenvalue weighted by molar-refractivity contribution is 7.51. The summed E-state index contributed by atoms with van der Waals surface area (Å²) >= 11 is 0. The molecule has 0 aliphatic rings. The van der Waals surface area contributed by atoms with E-state index in [1.165, 1.54) is 0 Å². The van der Waals surface area contributed by atoms with Crippen LogP contribution in [0.2, 0.25) is 0 Å². The van der Waals surface area contributed by atoms with Gasteiger partial charge >= 0.3 is 7.60 Å². The summed E-state index contributed by atoms with van der Waals surface area (Å²) in [6.07, 6.45) is 4.09. The molecular weight excluding hydrogens is 315 g/mol. The fraction of sp³-hybridized carbons (Fsp3) is 0.688. The molecule has 0 atom stereocenters. The second kappa shape index (κ2) is 7.86. The number of nitrogens with zero attached hydrogens (tertiary/aromatic N) is 2. The zero-order valence-electron chi connectivity index (χ0n) is 14.7. The molecule has 0 fully saturated rings. The highest BCUT2D eigenvalue weighted by Gasteiger charge is 2.34. The van der Waals surface area contributed by atoms with Crippen LogP contribution < -0.4 is 0 Å². The van der Waals surface area contributed by atoms with Crippen molar-refractivity contribution >= 4 is 7.60 Å². The summed E-state index contributed by atoms with van der Waals surface area (Å²) in [6.45, 7) is 10.7. The monoisotopic (exact) mass is 344 g/mol. The summed E-state index contributed by atoms with van der Waals surface area (Å²) < 4.78 is 11.3. The van der Waals surface area contributed by atoms with E-state index in [2.05, 4.69) is 4.98 Å². The van der Waals surface area contributed by atoms with Crippen LogP contribution in [0.3, 0.4) is 0 Å². The number of rotatable bonds is 8. The smallest absolute Gasteiger partial charge is 0.324 e. The Morgan fingerprint density at radius 2 is 1.74 bits per heavy atom. The van der Waals surface area contributed by atoms with E-state index in [0.29, 0.717) is 13.2 Å². The minimum atomic E-state index is -4.06. The van der Waals surface area contributed by atoms with Crippen LogP contribution in [-0.2, 0) is 15.8 Å². The summed E-state index contributed by atoms with van der Waals surface area (Å²) in [5.41, 5.74) is 0.330. The van der Waals surface area contributed by atoms with E-state index in [-0.39, 0.29) is 11.7 Å². The molecule has 1 aromatic rings. The van der Waals surface area contributed by atoms with E-state index in [1.54, 1.807) is 12.4 Å². The van der Waals surface area contributed by atoms with Crippen LogP contribution in [0.5, 0.6) is 0 Å². The van der Waals surface area contributed by atoms with Gasteiger partial charge in [0.15, 0.2) is 0 Å². The standard InChI is InChI=1S/C16H29N2O4P/c1-15(2,3)18(12-16(4,5)13-23(19,20)21)22-11-8-14-6-9-17-10-7-14/h6-7,9-10H,8,11-13H2,1-5H3,(H2,19,20,21). The topological polar surface area (TPSA) is 82.9 Å². The first-order chi connectivity index (χ1) is 10.4. The number of hydroxylamine groups is 2. The second-order valence-corrected chi connectivity index (χ2v) is 9.28. The molecule has 7 heteroatoms. The molecule has 6 nitrogen and oxygen atoms in total. The molecule has 0 saturated carbocycles. The van der Waals surface area contributed by atoms with Gasteiger partial charge in [0.2, 0.25) is 0 Å². The molecular formula is C16H29N2O4P.